The van der Waals surface area contributed by atoms with Crippen molar-refractivity contribution in [2.24, 2.45) is 0 Å². The van der Waals surface area contributed by atoms with Crippen LogP contribution in [-0.2, 0) is 25.7 Å². The lowest BCUT2D eigenvalue weighted by atomic mass is 10.1. The summed E-state index contributed by atoms with van der Waals surface area (Å²) in [4.78, 5) is 49.3. The van der Waals surface area contributed by atoms with Gasteiger partial charge in [-0.15, -0.1) is 0 Å². The Morgan fingerprint density at radius 1 is 0.886 bits per heavy atom. The quantitative estimate of drug-likeness (QED) is 0.314. The van der Waals surface area contributed by atoms with Gasteiger partial charge >= 0.3 is 5.97 Å². The summed E-state index contributed by atoms with van der Waals surface area (Å²) in [7, 11) is 1.45. The average Bonchev–Trinajstić information content (AvgIpc) is 2.85. The number of hydrogen-bond donors (Lipinski definition) is 2. The maximum absolute atomic E-state index is 12.8. The van der Waals surface area contributed by atoms with Crippen LogP contribution in [0.25, 0.3) is 21.8 Å². The number of nitrogens with one attached hydrogen (secondary N) is 2. The van der Waals surface area contributed by atoms with Crippen LogP contribution in [0.2, 0.25) is 0 Å². The van der Waals surface area contributed by atoms with Gasteiger partial charge in [-0.1, -0.05) is 24.3 Å². The first kappa shape index (κ1) is 23.5. The van der Waals surface area contributed by atoms with Crippen LogP contribution in [0.15, 0.2) is 71.5 Å². The molecular formula is C26H23N3O6. The zero-order valence-corrected chi connectivity index (χ0v) is 19.2. The molecule has 9 heteroatoms. The number of fused-ring (bicyclic) bond motifs is 2. The van der Waals surface area contributed by atoms with E-state index in [2.05, 4.69) is 10.6 Å². The highest BCUT2D eigenvalue weighted by atomic mass is 16.5. The minimum atomic E-state index is -0.641. The molecule has 0 unspecified atom stereocenters. The van der Waals surface area contributed by atoms with Gasteiger partial charge in [-0.25, -0.2) is 0 Å². The van der Waals surface area contributed by atoms with E-state index >= 15 is 0 Å². The van der Waals surface area contributed by atoms with Crippen molar-refractivity contribution in [3.05, 3.63) is 77.0 Å². The van der Waals surface area contributed by atoms with Gasteiger partial charge in [0.2, 0.25) is 5.91 Å². The van der Waals surface area contributed by atoms with E-state index in [1.54, 1.807) is 71.3 Å². The van der Waals surface area contributed by atoms with Gasteiger partial charge in [0.15, 0.2) is 12.0 Å². The lowest BCUT2D eigenvalue weighted by Crippen LogP contribution is -2.24. The van der Waals surface area contributed by atoms with E-state index in [1.807, 2.05) is 0 Å². The minimum Gasteiger partial charge on any atom is -0.495 e. The number of carbonyl (C=O) groups is 3. The highest BCUT2D eigenvalue weighted by Gasteiger charge is 2.15. The van der Waals surface area contributed by atoms with E-state index in [0.717, 1.165) is 0 Å². The summed E-state index contributed by atoms with van der Waals surface area (Å²) >= 11 is 0. The van der Waals surface area contributed by atoms with Gasteiger partial charge in [-0.3, -0.25) is 19.2 Å². The molecule has 3 aromatic carbocycles. The smallest absolute Gasteiger partial charge is 0.326 e. The molecule has 0 atom stereocenters. The first-order valence-corrected chi connectivity index (χ1v) is 10.8. The number of ether oxygens (including phenoxy) is 2. The second-order valence-electron chi connectivity index (χ2n) is 7.75. The van der Waals surface area contributed by atoms with Crippen molar-refractivity contribution in [3.63, 3.8) is 0 Å². The third kappa shape index (κ3) is 5.14. The van der Waals surface area contributed by atoms with Crippen molar-refractivity contribution in [2.75, 3.05) is 24.4 Å². The van der Waals surface area contributed by atoms with Gasteiger partial charge in [-0.05, 0) is 42.5 Å². The molecule has 4 rings (SSSR count). The Morgan fingerprint density at radius 3 is 2.11 bits per heavy atom. The summed E-state index contributed by atoms with van der Waals surface area (Å²) < 4.78 is 12.2. The van der Waals surface area contributed by atoms with E-state index in [1.165, 1.54) is 14.0 Å². The molecule has 9 nitrogen and oxygen atoms in total. The molecule has 0 saturated heterocycles. The van der Waals surface area contributed by atoms with Crippen LogP contribution < -0.4 is 20.8 Å². The minimum absolute atomic E-state index is 0.115. The van der Waals surface area contributed by atoms with Gasteiger partial charge < -0.3 is 24.7 Å². The number of hydrogen-bond acceptors (Lipinski definition) is 6. The lowest BCUT2D eigenvalue weighted by molar-refractivity contribution is -0.147. The maximum atomic E-state index is 12.8. The fraction of sp³-hybridized carbons (Fsp3) is 0.154. The highest BCUT2D eigenvalue weighted by Crippen LogP contribution is 2.28. The summed E-state index contributed by atoms with van der Waals surface area (Å²) in [6.45, 7) is 0.662. The Balaban J connectivity index is 1.50. The fourth-order valence-electron chi connectivity index (χ4n) is 3.84. The number of para-hydroxylation sites is 2. The maximum Gasteiger partial charge on any atom is 0.326 e. The average molecular weight is 473 g/mol. The molecule has 4 aromatic rings. The second-order valence-corrected chi connectivity index (χ2v) is 7.75. The van der Waals surface area contributed by atoms with Crippen molar-refractivity contribution in [2.45, 2.75) is 13.5 Å². The van der Waals surface area contributed by atoms with Crippen LogP contribution in [0, 0.1) is 0 Å². The van der Waals surface area contributed by atoms with E-state index in [-0.39, 0.29) is 17.9 Å². The third-order valence-corrected chi connectivity index (χ3v) is 5.32. The molecule has 178 valence electrons. The Hall–Kier alpha value is -4.66. The van der Waals surface area contributed by atoms with Gasteiger partial charge in [0.05, 0.1) is 23.8 Å². The summed E-state index contributed by atoms with van der Waals surface area (Å²) in [5, 5.41) is 6.22. The molecule has 0 radical (unpaired) electrons. The van der Waals surface area contributed by atoms with Crippen LogP contribution in [0.1, 0.15) is 6.92 Å². The van der Waals surface area contributed by atoms with Crippen molar-refractivity contribution in [1.82, 2.24) is 4.57 Å². The zero-order chi connectivity index (χ0) is 24.9. The van der Waals surface area contributed by atoms with E-state index in [4.69, 9.17) is 9.47 Å². The highest BCUT2D eigenvalue weighted by molar-refractivity contribution is 5.97. The first-order valence-electron chi connectivity index (χ1n) is 10.8. The SMILES string of the molecule is COc1ccc(NC(C)=O)cc1NC(=O)COC(=O)Cn1c2ccccc2c(=O)c2ccccc21. The molecule has 0 aliphatic rings. The largest absolute Gasteiger partial charge is 0.495 e. The Kier molecular flexibility index (Phi) is 6.77. The predicted molar refractivity (Wildman–Crippen MR) is 133 cm³/mol. The number of rotatable bonds is 7. The van der Waals surface area contributed by atoms with Crippen LogP contribution in [0.3, 0.4) is 0 Å². The first-order chi connectivity index (χ1) is 16.9. The lowest BCUT2D eigenvalue weighted by Gasteiger charge is -2.15. The van der Waals surface area contributed by atoms with Crippen molar-refractivity contribution in [3.8, 4) is 5.75 Å². The second kappa shape index (κ2) is 10.1. The standard InChI is InChI=1S/C26H23N3O6/c1-16(30)27-17-11-12-23(34-2)20(13-17)28-24(31)15-35-25(32)14-29-21-9-5-3-7-18(21)26(33)19-8-4-6-10-22(19)29/h3-13H,14-15H2,1-2H3,(H,27,30)(H,28,31). The molecule has 0 spiro atoms. The molecule has 0 aliphatic carbocycles. The Morgan fingerprint density at radius 2 is 1.51 bits per heavy atom. The topological polar surface area (TPSA) is 116 Å². The summed E-state index contributed by atoms with van der Waals surface area (Å²) in [6, 6.07) is 18.8. The summed E-state index contributed by atoms with van der Waals surface area (Å²) in [5.41, 5.74) is 1.87. The number of carbonyl (C=O) groups excluding carboxylic acids is 3. The molecular weight excluding hydrogens is 450 g/mol. The van der Waals surface area contributed by atoms with Crippen molar-refractivity contribution in [1.29, 1.82) is 0 Å². The molecule has 0 aliphatic heterocycles. The van der Waals surface area contributed by atoms with E-state index in [9.17, 15) is 19.2 Å². The number of anilines is 2. The van der Waals surface area contributed by atoms with Crippen LogP contribution >= 0.6 is 0 Å². The fourth-order valence-corrected chi connectivity index (χ4v) is 3.84. The number of aromatic nitrogens is 1. The number of esters is 1. The molecule has 2 N–H and O–H groups in total. The van der Waals surface area contributed by atoms with Gasteiger partial charge in [-0.2, -0.15) is 0 Å². The van der Waals surface area contributed by atoms with Gasteiger partial charge in [0, 0.05) is 23.4 Å². The van der Waals surface area contributed by atoms with Gasteiger partial charge in [0.25, 0.3) is 5.91 Å². The number of amides is 2. The van der Waals surface area contributed by atoms with Crippen LogP contribution in [-0.4, -0.2) is 36.1 Å². The predicted octanol–water partition coefficient (Wildman–Crippen LogP) is 3.30. The number of methoxy groups -OCH3 is 1. The Bertz CT molecular complexity index is 1450. The molecule has 35 heavy (non-hydrogen) atoms. The number of nitrogens with zero attached hydrogens (tertiary/aromatic N) is 1. The monoisotopic (exact) mass is 473 g/mol. The normalized spacial score (nSPS) is 10.7. The van der Waals surface area contributed by atoms with Gasteiger partial charge in [0.1, 0.15) is 12.3 Å². The van der Waals surface area contributed by atoms with E-state index < -0.39 is 18.5 Å². The van der Waals surface area contributed by atoms with E-state index in [0.29, 0.717) is 38.9 Å². The molecule has 2 amide bonds. The molecule has 1 heterocycles. The summed E-state index contributed by atoms with van der Waals surface area (Å²) in [5.74, 6) is -1.10. The molecule has 0 fully saturated rings. The molecule has 0 saturated carbocycles. The Labute approximate surface area is 200 Å². The third-order valence-electron chi connectivity index (χ3n) is 5.32. The number of pyridine rings is 1. The van der Waals surface area contributed by atoms with Crippen molar-refractivity contribution < 1.29 is 23.9 Å². The van der Waals surface area contributed by atoms with Crippen LogP contribution in [0.5, 0.6) is 5.75 Å². The zero-order valence-electron chi connectivity index (χ0n) is 19.2. The van der Waals surface area contributed by atoms with Crippen LogP contribution in [0.4, 0.5) is 11.4 Å². The number of benzene rings is 3. The molecule has 0 bridgehead atoms. The summed E-state index contributed by atoms with van der Waals surface area (Å²) in [6.07, 6.45) is 0. The molecule has 1 aromatic heterocycles. The van der Waals surface area contributed by atoms with Crippen molar-refractivity contribution >= 4 is 51.0 Å².